The van der Waals surface area contributed by atoms with Gasteiger partial charge < -0.3 is 14.2 Å². The molecule has 3 aromatic carbocycles. The maximum atomic E-state index is 12.4. The molecule has 0 saturated carbocycles. The largest absolute Gasteiger partial charge is 0.490 e. The molecule has 0 unspecified atom stereocenters. The zero-order valence-electron chi connectivity index (χ0n) is 17.3. The molecule has 0 atom stereocenters. The maximum absolute atomic E-state index is 12.4. The third-order valence-corrected chi connectivity index (χ3v) is 4.92. The lowest BCUT2D eigenvalue weighted by Crippen LogP contribution is -2.11. The van der Waals surface area contributed by atoms with Gasteiger partial charge in [0, 0.05) is 6.42 Å². The number of rotatable bonds is 8. The molecule has 0 fully saturated rings. The minimum absolute atomic E-state index is 0.0256. The first-order valence-electron chi connectivity index (χ1n) is 9.92. The Morgan fingerprint density at radius 1 is 0.871 bits per heavy atom. The second-order valence-electron chi connectivity index (χ2n) is 7.10. The van der Waals surface area contributed by atoms with Crippen molar-refractivity contribution in [2.24, 2.45) is 0 Å². The van der Waals surface area contributed by atoms with Crippen molar-refractivity contribution >= 4 is 27.9 Å². The molecular formula is C25H23BrO5. The van der Waals surface area contributed by atoms with Gasteiger partial charge in [0.25, 0.3) is 0 Å². The highest BCUT2D eigenvalue weighted by Gasteiger charge is 2.13. The van der Waals surface area contributed by atoms with Gasteiger partial charge in [-0.15, -0.1) is 0 Å². The fourth-order valence-corrected chi connectivity index (χ4v) is 3.26. The van der Waals surface area contributed by atoms with Crippen LogP contribution in [0.15, 0.2) is 77.3 Å². The molecule has 5 nitrogen and oxygen atoms in total. The molecule has 0 amide bonds. The molecule has 0 saturated heterocycles. The second kappa shape index (κ2) is 10.8. The Balaban J connectivity index is 1.54. The summed E-state index contributed by atoms with van der Waals surface area (Å²) < 4.78 is 17.0. The number of esters is 2. The lowest BCUT2D eigenvalue weighted by Gasteiger charge is -2.12. The number of hydrogen-bond acceptors (Lipinski definition) is 5. The molecule has 6 heteroatoms. The Hall–Kier alpha value is -3.12. The van der Waals surface area contributed by atoms with Crippen molar-refractivity contribution in [3.63, 3.8) is 0 Å². The van der Waals surface area contributed by atoms with Gasteiger partial charge in [-0.05, 0) is 77.8 Å². The smallest absolute Gasteiger partial charge is 0.343 e. The summed E-state index contributed by atoms with van der Waals surface area (Å²) in [4.78, 5) is 24.6. The van der Waals surface area contributed by atoms with Crippen molar-refractivity contribution in [3.05, 3.63) is 94.0 Å². The Morgan fingerprint density at radius 2 is 1.55 bits per heavy atom. The molecule has 160 valence electrons. The van der Waals surface area contributed by atoms with E-state index in [2.05, 4.69) is 15.9 Å². The van der Waals surface area contributed by atoms with Crippen LogP contribution in [0.2, 0.25) is 0 Å². The molecule has 3 aromatic rings. The lowest BCUT2D eigenvalue weighted by molar-refractivity contribution is 0.0509. The quantitative estimate of drug-likeness (QED) is 0.297. The van der Waals surface area contributed by atoms with Gasteiger partial charge in [0.1, 0.15) is 11.5 Å². The van der Waals surface area contributed by atoms with Gasteiger partial charge in [-0.25, -0.2) is 9.59 Å². The van der Waals surface area contributed by atoms with Crippen molar-refractivity contribution in [1.82, 2.24) is 0 Å². The van der Waals surface area contributed by atoms with Gasteiger partial charge in [0.15, 0.2) is 0 Å². The van der Waals surface area contributed by atoms with Gasteiger partial charge in [0.2, 0.25) is 0 Å². The van der Waals surface area contributed by atoms with Crippen LogP contribution in [0, 0.1) is 0 Å². The van der Waals surface area contributed by atoms with Gasteiger partial charge in [-0.2, -0.15) is 0 Å². The fourth-order valence-electron chi connectivity index (χ4n) is 2.79. The molecule has 3 rings (SSSR count). The van der Waals surface area contributed by atoms with Crippen molar-refractivity contribution in [3.8, 4) is 11.5 Å². The van der Waals surface area contributed by atoms with Crippen molar-refractivity contribution in [1.29, 1.82) is 0 Å². The molecule has 0 aliphatic carbocycles. The van der Waals surface area contributed by atoms with Crippen LogP contribution in [-0.2, 0) is 11.2 Å². The Kier molecular flexibility index (Phi) is 7.84. The van der Waals surface area contributed by atoms with E-state index in [4.69, 9.17) is 14.2 Å². The van der Waals surface area contributed by atoms with Crippen molar-refractivity contribution in [2.75, 3.05) is 6.61 Å². The number of ether oxygens (including phenoxy) is 3. The lowest BCUT2D eigenvalue weighted by atomic mass is 10.2. The molecule has 0 heterocycles. The van der Waals surface area contributed by atoms with E-state index in [9.17, 15) is 9.59 Å². The average Bonchev–Trinajstić information content (AvgIpc) is 2.76. The summed E-state index contributed by atoms with van der Waals surface area (Å²) in [5.41, 5.74) is 1.88. The Morgan fingerprint density at radius 3 is 2.19 bits per heavy atom. The van der Waals surface area contributed by atoms with E-state index in [-0.39, 0.29) is 6.10 Å². The first-order valence-corrected chi connectivity index (χ1v) is 10.7. The first-order chi connectivity index (χ1) is 14.9. The molecule has 0 bridgehead atoms. The minimum Gasteiger partial charge on any atom is -0.490 e. The highest BCUT2D eigenvalue weighted by Crippen LogP contribution is 2.27. The van der Waals surface area contributed by atoms with Crippen molar-refractivity contribution < 1.29 is 23.8 Å². The average molecular weight is 483 g/mol. The standard InChI is InChI=1S/C25H23BrO5/c1-17(2)30-23-13-10-20(16-22(23)26)25(28)31-21-11-8-19(9-12-21)24(27)29-15-14-18-6-4-3-5-7-18/h3-13,16-17H,14-15H2,1-2H3. The summed E-state index contributed by atoms with van der Waals surface area (Å²) >= 11 is 3.41. The van der Waals surface area contributed by atoms with Crippen LogP contribution in [0.3, 0.4) is 0 Å². The first kappa shape index (κ1) is 22.6. The number of hydrogen-bond donors (Lipinski definition) is 0. The third kappa shape index (κ3) is 6.69. The molecule has 0 aliphatic heterocycles. The van der Waals surface area contributed by atoms with E-state index in [1.807, 2.05) is 44.2 Å². The highest BCUT2D eigenvalue weighted by molar-refractivity contribution is 9.10. The van der Waals surface area contributed by atoms with Crippen LogP contribution < -0.4 is 9.47 Å². The Labute approximate surface area is 190 Å². The minimum atomic E-state index is -0.505. The Bertz CT molecular complexity index is 1030. The van der Waals surface area contributed by atoms with Crippen LogP contribution in [0.25, 0.3) is 0 Å². The van der Waals surface area contributed by atoms with Crippen LogP contribution in [0.4, 0.5) is 0 Å². The zero-order chi connectivity index (χ0) is 22.2. The molecule has 0 aromatic heterocycles. The summed E-state index contributed by atoms with van der Waals surface area (Å²) in [6, 6.07) is 21.1. The second-order valence-corrected chi connectivity index (χ2v) is 7.95. The summed E-state index contributed by atoms with van der Waals surface area (Å²) in [5, 5.41) is 0. The molecule has 0 aliphatic rings. The number of carbonyl (C=O) groups is 2. The van der Waals surface area contributed by atoms with E-state index in [1.54, 1.807) is 42.5 Å². The molecular weight excluding hydrogens is 460 g/mol. The van der Waals surface area contributed by atoms with Crippen molar-refractivity contribution in [2.45, 2.75) is 26.4 Å². The molecule has 0 N–H and O–H groups in total. The number of carbonyl (C=O) groups excluding carboxylic acids is 2. The van der Waals surface area contributed by atoms with E-state index in [0.29, 0.717) is 40.1 Å². The summed E-state index contributed by atoms with van der Waals surface area (Å²) in [5.74, 6) is 0.0691. The number of halogens is 1. The van der Waals surface area contributed by atoms with Crippen LogP contribution in [-0.4, -0.2) is 24.6 Å². The summed E-state index contributed by atoms with van der Waals surface area (Å²) in [6.45, 7) is 4.15. The maximum Gasteiger partial charge on any atom is 0.343 e. The van der Waals surface area contributed by atoms with Crippen LogP contribution in [0.5, 0.6) is 11.5 Å². The van der Waals surface area contributed by atoms with E-state index < -0.39 is 11.9 Å². The van der Waals surface area contributed by atoms with Gasteiger partial charge >= 0.3 is 11.9 Å². The van der Waals surface area contributed by atoms with Gasteiger partial charge in [0.05, 0.1) is 28.3 Å². The van der Waals surface area contributed by atoms with E-state index in [1.165, 1.54) is 0 Å². The van der Waals surface area contributed by atoms with Gasteiger partial charge in [-0.1, -0.05) is 30.3 Å². The number of benzene rings is 3. The zero-order valence-corrected chi connectivity index (χ0v) is 18.9. The predicted octanol–water partition coefficient (Wildman–Crippen LogP) is 5.86. The third-order valence-electron chi connectivity index (χ3n) is 4.30. The topological polar surface area (TPSA) is 61.8 Å². The molecule has 0 radical (unpaired) electrons. The SMILES string of the molecule is CC(C)Oc1ccc(C(=O)Oc2ccc(C(=O)OCCc3ccccc3)cc2)cc1Br. The molecule has 31 heavy (non-hydrogen) atoms. The normalized spacial score (nSPS) is 10.6. The summed E-state index contributed by atoms with van der Waals surface area (Å²) in [6.07, 6.45) is 0.677. The van der Waals surface area contributed by atoms with Crippen LogP contribution >= 0.6 is 15.9 Å². The highest BCUT2D eigenvalue weighted by atomic mass is 79.9. The molecule has 0 spiro atoms. The fraction of sp³-hybridized carbons (Fsp3) is 0.200. The van der Waals surface area contributed by atoms with E-state index >= 15 is 0 Å². The van der Waals surface area contributed by atoms with Crippen LogP contribution in [0.1, 0.15) is 40.1 Å². The predicted molar refractivity (Wildman–Crippen MR) is 122 cm³/mol. The van der Waals surface area contributed by atoms with E-state index in [0.717, 1.165) is 5.56 Å². The van der Waals surface area contributed by atoms with Gasteiger partial charge in [-0.3, -0.25) is 0 Å². The summed E-state index contributed by atoms with van der Waals surface area (Å²) in [7, 11) is 0. The monoisotopic (exact) mass is 482 g/mol.